The van der Waals surface area contributed by atoms with E-state index in [0.717, 1.165) is 48.3 Å². The van der Waals surface area contributed by atoms with Crippen molar-refractivity contribution >= 4 is 5.91 Å². The van der Waals surface area contributed by atoms with Crippen LogP contribution in [0.25, 0.3) is 0 Å². The lowest BCUT2D eigenvalue weighted by Gasteiger charge is -2.30. The maximum absolute atomic E-state index is 13.3. The number of amides is 1. The van der Waals surface area contributed by atoms with Crippen LogP contribution in [0.1, 0.15) is 84.0 Å². The molecule has 2 aromatic rings. The zero-order chi connectivity index (χ0) is 21.2. The summed E-state index contributed by atoms with van der Waals surface area (Å²) in [7, 11) is 1.81. The zero-order valence-electron chi connectivity index (χ0n) is 18.4. The number of aromatic nitrogens is 1. The summed E-state index contributed by atoms with van der Waals surface area (Å²) in [5.41, 5.74) is 3.72. The Morgan fingerprint density at radius 2 is 2.00 bits per heavy atom. The van der Waals surface area contributed by atoms with Crippen LogP contribution in [-0.4, -0.2) is 36.2 Å². The highest BCUT2D eigenvalue weighted by molar-refractivity contribution is 5.94. The fraction of sp³-hybridized carbons (Fsp3) is 0.600. The van der Waals surface area contributed by atoms with Crippen molar-refractivity contribution in [3.8, 4) is 5.75 Å². The second-order valence-corrected chi connectivity index (χ2v) is 9.14. The van der Waals surface area contributed by atoms with E-state index in [-0.39, 0.29) is 12.0 Å². The molecule has 0 radical (unpaired) electrons. The molecule has 31 heavy (non-hydrogen) atoms. The number of fused-ring (bicyclic) bond motifs is 2. The van der Waals surface area contributed by atoms with Gasteiger partial charge in [0.25, 0.3) is 5.91 Å². The molecule has 1 atom stereocenters. The van der Waals surface area contributed by atoms with Gasteiger partial charge < -0.3 is 18.9 Å². The van der Waals surface area contributed by atoms with Crippen molar-refractivity contribution in [2.45, 2.75) is 70.4 Å². The van der Waals surface area contributed by atoms with Crippen molar-refractivity contribution in [3.63, 3.8) is 0 Å². The van der Waals surface area contributed by atoms with Crippen molar-refractivity contribution in [2.75, 3.05) is 20.3 Å². The average molecular weight is 425 g/mol. The van der Waals surface area contributed by atoms with Crippen LogP contribution in [-0.2, 0) is 24.1 Å². The summed E-state index contributed by atoms with van der Waals surface area (Å²) in [5.74, 6) is 2.26. The number of carbonyl (C=O) groups excluding carboxylic acids is 1. The van der Waals surface area contributed by atoms with Gasteiger partial charge in [0.1, 0.15) is 18.1 Å². The van der Waals surface area contributed by atoms with Crippen LogP contribution < -0.4 is 4.74 Å². The number of nitrogens with zero attached hydrogens (tertiary/aromatic N) is 2. The number of rotatable bonds is 4. The molecular formula is C25H32N2O4. The summed E-state index contributed by atoms with van der Waals surface area (Å²) in [6, 6.07) is 6.36. The molecule has 0 unspecified atom stereocenters. The standard InChI is InChI=1S/C25H32N2O4/c1-29-24(17-7-3-2-4-8-17)18-11-12-21-19(15-18)16-27(13-14-30-21)25(28)23-20-9-5-6-10-22(20)31-26-23/h11-12,15,17,24H,2-10,13-14,16H2,1H3/t24-/m0/s1. The molecule has 0 N–H and O–H groups in total. The van der Waals surface area contributed by atoms with Crippen molar-refractivity contribution < 1.29 is 18.8 Å². The molecule has 0 bridgehead atoms. The topological polar surface area (TPSA) is 64.8 Å². The largest absolute Gasteiger partial charge is 0.491 e. The van der Waals surface area contributed by atoms with Gasteiger partial charge in [-0.15, -0.1) is 0 Å². The van der Waals surface area contributed by atoms with Gasteiger partial charge in [-0.3, -0.25) is 4.79 Å². The van der Waals surface area contributed by atoms with Gasteiger partial charge in [0.05, 0.1) is 12.6 Å². The van der Waals surface area contributed by atoms with Crippen molar-refractivity contribution in [3.05, 3.63) is 46.3 Å². The second kappa shape index (κ2) is 9.03. The minimum Gasteiger partial charge on any atom is -0.491 e. The number of benzene rings is 1. The number of aryl methyl sites for hydroxylation is 1. The third-order valence-electron chi connectivity index (χ3n) is 7.16. The number of hydrogen-bond donors (Lipinski definition) is 0. The Balaban J connectivity index is 1.39. The molecule has 3 aliphatic rings. The number of carbonyl (C=O) groups is 1. The lowest BCUT2D eigenvalue weighted by molar-refractivity contribution is 0.0353. The molecule has 1 amide bonds. The van der Waals surface area contributed by atoms with Gasteiger partial charge in [-0.2, -0.15) is 0 Å². The van der Waals surface area contributed by atoms with Crippen LogP contribution >= 0.6 is 0 Å². The molecule has 166 valence electrons. The Kier molecular flexibility index (Phi) is 5.99. The van der Waals surface area contributed by atoms with Gasteiger partial charge >= 0.3 is 0 Å². The monoisotopic (exact) mass is 424 g/mol. The summed E-state index contributed by atoms with van der Waals surface area (Å²) in [6.45, 7) is 1.54. The minimum absolute atomic E-state index is 0.0516. The first kappa shape index (κ1) is 20.6. The predicted octanol–water partition coefficient (Wildman–Crippen LogP) is 4.86. The van der Waals surface area contributed by atoms with Gasteiger partial charge in [0, 0.05) is 31.2 Å². The molecule has 6 heteroatoms. The van der Waals surface area contributed by atoms with E-state index in [4.69, 9.17) is 14.0 Å². The highest BCUT2D eigenvalue weighted by atomic mass is 16.5. The Hall–Kier alpha value is -2.34. The second-order valence-electron chi connectivity index (χ2n) is 9.14. The highest BCUT2D eigenvalue weighted by Crippen LogP contribution is 2.38. The van der Waals surface area contributed by atoms with Gasteiger partial charge in [0.2, 0.25) is 0 Å². The quantitative estimate of drug-likeness (QED) is 0.702. The summed E-state index contributed by atoms with van der Waals surface area (Å²) in [4.78, 5) is 15.2. The van der Waals surface area contributed by atoms with Crippen molar-refractivity contribution in [2.24, 2.45) is 5.92 Å². The fourth-order valence-electron chi connectivity index (χ4n) is 5.50. The summed E-state index contributed by atoms with van der Waals surface area (Å²) in [5, 5.41) is 4.15. The van der Waals surface area contributed by atoms with E-state index >= 15 is 0 Å². The first-order valence-electron chi connectivity index (χ1n) is 11.8. The Labute approximate surface area is 183 Å². The van der Waals surface area contributed by atoms with Crippen LogP contribution in [0.3, 0.4) is 0 Å². The first-order chi connectivity index (χ1) is 15.2. The van der Waals surface area contributed by atoms with E-state index in [2.05, 4.69) is 17.3 Å². The first-order valence-corrected chi connectivity index (χ1v) is 11.8. The lowest BCUT2D eigenvalue weighted by Crippen LogP contribution is -2.33. The van der Waals surface area contributed by atoms with Crippen LogP contribution in [0.2, 0.25) is 0 Å². The molecular weight excluding hydrogens is 392 g/mol. The maximum atomic E-state index is 13.3. The lowest BCUT2D eigenvalue weighted by atomic mass is 9.82. The van der Waals surface area contributed by atoms with Gasteiger partial charge in [-0.1, -0.05) is 30.5 Å². The molecule has 1 saturated carbocycles. The number of ether oxygens (including phenoxy) is 2. The third kappa shape index (κ3) is 4.10. The normalized spacial score (nSPS) is 20.4. The SMILES string of the molecule is CO[C@H](c1ccc2c(c1)CN(C(=O)c1noc3c1CCCC3)CCO2)C1CCCCC1. The van der Waals surface area contributed by atoms with Crippen molar-refractivity contribution in [1.29, 1.82) is 0 Å². The molecule has 0 spiro atoms. The van der Waals surface area contributed by atoms with Gasteiger partial charge in [-0.25, -0.2) is 0 Å². The van der Waals surface area contributed by atoms with E-state index in [9.17, 15) is 4.79 Å². The van der Waals surface area contributed by atoms with E-state index in [1.807, 2.05) is 18.1 Å². The Bertz CT molecular complexity index is 932. The van der Waals surface area contributed by atoms with Gasteiger partial charge in [-0.05, 0) is 55.7 Å². The molecule has 1 fully saturated rings. The molecule has 1 aromatic carbocycles. The molecule has 5 rings (SSSR count). The maximum Gasteiger partial charge on any atom is 0.276 e. The average Bonchev–Trinajstić information content (AvgIpc) is 3.12. The fourth-order valence-corrected chi connectivity index (χ4v) is 5.50. The minimum atomic E-state index is -0.0516. The van der Waals surface area contributed by atoms with E-state index < -0.39 is 0 Å². The number of methoxy groups -OCH3 is 1. The van der Waals surface area contributed by atoms with Crippen LogP contribution in [0.15, 0.2) is 22.7 Å². The summed E-state index contributed by atoms with van der Waals surface area (Å²) < 4.78 is 17.4. The number of hydrogen-bond acceptors (Lipinski definition) is 5. The predicted molar refractivity (Wildman–Crippen MR) is 116 cm³/mol. The van der Waals surface area contributed by atoms with E-state index in [0.29, 0.717) is 31.3 Å². The summed E-state index contributed by atoms with van der Waals surface area (Å²) >= 11 is 0. The Morgan fingerprint density at radius 1 is 1.16 bits per heavy atom. The van der Waals surface area contributed by atoms with Gasteiger partial charge in [0.15, 0.2) is 5.69 Å². The van der Waals surface area contributed by atoms with Crippen LogP contribution in [0, 0.1) is 5.92 Å². The molecule has 1 aliphatic heterocycles. The van der Waals surface area contributed by atoms with Crippen LogP contribution in [0.5, 0.6) is 5.75 Å². The molecule has 1 aromatic heterocycles. The molecule has 0 saturated heterocycles. The molecule has 6 nitrogen and oxygen atoms in total. The summed E-state index contributed by atoms with van der Waals surface area (Å²) in [6.07, 6.45) is 10.4. The smallest absolute Gasteiger partial charge is 0.276 e. The molecule has 2 heterocycles. The highest BCUT2D eigenvalue weighted by Gasteiger charge is 2.30. The van der Waals surface area contributed by atoms with E-state index in [1.54, 1.807) is 0 Å². The molecule has 2 aliphatic carbocycles. The Morgan fingerprint density at radius 3 is 2.84 bits per heavy atom. The third-order valence-corrected chi connectivity index (χ3v) is 7.16. The van der Waals surface area contributed by atoms with E-state index in [1.165, 1.54) is 37.7 Å². The zero-order valence-corrected chi connectivity index (χ0v) is 18.4. The van der Waals surface area contributed by atoms with Crippen LogP contribution in [0.4, 0.5) is 0 Å². The van der Waals surface area contributed by atoms with Crippen molar-refractivity contribution in [1.82, 2.24) is 10.1 Å².